The van der Waals surface area contributed by atoms with Gasteiger partial charge in [0.15, 0.2) is 10.8 Å². The lowest BCUT2D eigenvalue weighted by molar-refractivity contribution is 0.0693. The summed E-state index contributed by atoms with van der Waals surface area (Å²) in [4.78, 5) is 24.5. The summed E-state index contributed by atoms with van der Waals surface area (Å²) in [6, 6.07) is 1.71. The molecule has 1 N–H and O–H groups in total. The van der Waals surface area contributed by atoms with Crippen LogP contribution in [0, 0.1) is 6.92 Å². The fourth-order valence-electron chi connectivity index (χ4n) is 2.07. The molecule has 3 aromatic rings. The second kappa shape index (κ2) is 5.13. The molecule has 0 radical (unpaired) electrons. The van der Waals surface area contributed by atoms with Gasteiger partial charge in [-0.1, -0.05) is 0 Å². The Bertz CT molecular complexity index is 831. The van der Waals surface area contributed by atoms with Crippen LogP contribution in [0.3, 0.4) is 0 Å². The monoisotopic (exact) mass is 301 g/mol. The van der Waals surface area contributed by atoms with Gasteiger partial charge in [0.2, 0.25) is 0 Å². The van der Waals surface area contributed by atoms with Gasteiger partial charge in [0.1, 0.15) is 0 Å². The zero-order chi connectivity index (χ0) is 15.0. The van der Waals surface area contributed by atoms with Gasteiger partial charge in [-0.3, -0.25) is 4.68 Å². The summed E-state index contributed by atoms with van der Waals surface area (Å²) in [7, 11) is 1.77. The van der Waals surface area contributed by atoms with Crippen molar-refractivity contribution in [3.63, 3.8) is 0 Å². The molecule has 0 aromatic carbocycles. The third-order valence-corrected chi connectivity index (χ3v) is 3.97. The Kier molecular flexibility index (Phi) is 3.30. The molecule has 3 heterocycles. The fourth-order valence-corrected chi connectivity index (χ4v) is 3.07. The first-order valence-electron chi connectivity index (χ1n) is 6.08. The molecule has 0 saturated heterocycles. The van der Waals surface area contributed by atoms with E-state index in [0.717, 1.165) is 11.1 Å². The summed E-state index contributed by atoms with van der Waals surface area (Å²) in [5.41, 5.74) is 1.48. The van der Waals surface area contributed by atoms with E-state index >= 15 is 0 Å². The quantitative estimate of drug-likeness (QED) is 0.738. The number of fused-ring (bicyclic) bond motifs is 1. The predicted octanol–water partition coefficient (Wildman–Crippen LogP) is 1.92. The predicted molar refractivity (Wildman–Crippen MR) is 76.4 cm³/mol. The Morgan fingerprint density at radius 1 is 1.29 bits per heavy atom. The lowest BCUT2D eigenvalue weighted by atomic mass is 10.2. The summed E-state index contributed by atoms with van der Waals surface area (Å²) in [5, 5.41) is 14.9. The van der Waals surface area contributed by atoms with Crippen LogP contribution < -0.4 is 0 Å². The number of carbonyl (C=O) groups is 1. The van der Waals surface area contributed by atoms with Crippen LogP contribution in [0.15, 0.2) is 34.7 Å². The number of aromatic nitrogens is 5. The summed E-state index contributed by atoms with van der Waals surface area (Å²) in [6.45, 7) is 1.82. The molecule has 0 aliphatic carbocycles. The van der Waals surface area contributed by atoms with Crippen LogP contribution in [0.1, 0.15) is 16.1 Å². The Balaban J connectivity index is 2.26. The van der Waals surface area contributed by atoms with Crippen LogP contribution in [0.5, 0.6) is 0 Å². The number of hydrogen-bond donors (Lipinski definition) is 1. The second-order valence-corrected chi connectivity index (χ2v) is 5.32. The minimum atomic E-state index is -1.04. The Morgan fingerprint density at radius 3 is 2.67 bits per heavy atom. The third-order valence-electron chi connectivity index (χ3n) is 2.95. The van der Waals surface area contributed by atoms with Gasteiger partial charge >= 0.3 is 5.97 Å². The minimum Gasteiger partial charge on any atom is -0.478 e. The molecule has 0 bridgehead atoms. The smallest absolute Gasteiger partial charge is 0.338 e. The highest BCUT2D eigenvalue weighted by molar-refractivity contribution is 7.99. The van der Waals surface area contributed by atoms with Gasteiger partial charge in [0.05, 0.1) is 16.6 Å². The van der Waals surface area contributed by atoms with Gasteiger partial charge in [0.25, 0.3) is 0 Å². The number of carboxylic acid groups (broad SMARTS) is 1. The van der Waals surface area contributed by atoms with Crippen LogP contribution >= 0.6 is 11.8 Å². The average molecular weight is 301 g/mol. The van der Waals surface area contributed by atoms with Gasteiger partial charge in [0, 0.05) is 30.5 Å². The average Bonchev–Trinajstić information content (AvgIpc) is 2.75. The first kappa shape index (κ1) is 13.5. The molecule has 0 fully saturated rings. The topological polar surface area (TPSA) is 93.8 Å². The molecule has 0 spiro atoms. The first-order valence-corrected chi connectivity index (χ1v) is 6.90. The van der Waals surface area contributed by atoms with Gasteiger partial charge in [-0.2, -0.15) is 5.10 Å². The van der Waals surface area contributed by atoms with Crippen molar-refractivity contribution in [2.24, 2.45) is 7.05 Å². The SMILES string of the molecule is Cc1nn(C)c2ncc(C(=O)O)c(Sc3ncccn3)c12. The van der Waals surface area contributed by atoms with Gasteiger partial charge in [-0.25, -0.2) is 19.7 Å². The number of hydrogen-bond acceptors (Lipinski definition) is 6. The number of nitrogens with zero attached hydrogens (tertiary/aromatic N) is 5. The van der Waals surface area contributed by atoms with E-state index in [1.165, 1.54) is 18.0 Å². The molecular weight excluding hydrogens is 290 g/mol. The van der Waals surface area contributed by atoms with Crippen molar-refractivity contribution in [1.82, 2.24) is 24.7 Å². The van der Waals surface area contributed by atoms with E-state index in [1.54, 1.807) is 30.2 Å². The van der Waals surface area contributed by atoms with E-state index in [4.69, 9.17) is 0 Å². The van der Waals surface area contributed by atoms with Gasteiger partial charge in [-0.05, 0) is 24.8 Å². The first-order chi connectivity index (χ1) is 10.1. The molecule has 7 nitrogen and oxygen atoms in total. The molecule has 8 heteroatoms. The molecule has 0 aliphatic rings. The molecule has 0 unspecified atom stereocenters. The van der Waals surface area contributed by atoms with Crippen molar-refractivity contribution in [1.29, 1.82) is 0 Å². The second-order valence-electron chi connectivity index (χ2n) is 4.35. The Hall–Kier alpha value is -2.48. The molecule has 0 aliphatic heterocycles. The molecule has 3 rings (SSSR count). The van der Waals surface area contributed by atoms with Gasteiger partial charge in [-0.15, -0.1) is 0 Å². The van der Waals surface area contributed by atoms with E-state index < -0.39 is 5.97 Å². The minimum absolute atomic E-state index is 0.121. The highest BCUT2D eigenvalue weighted by Crippen LogP contribution is 2.35. The number of carboxylic acids is 1. The van der Waals surface area contributed by atoms with Crippen molar-refractivity contribution < 1.29 is 9.90 Å². The van der Waals surface area contributed by atoms with Gasteiger partial charge < -0.3 is 5.11 Å². The maximum Gasteiger partial charge on any atom is 0.338 e. The third kappa shape index (κ3) is 2.33. The van der Waals surface area contributed by atoms with Crippen LogP contribution in [-0.4, -0.2) is 35.8 Å². The van der Waals surface area contributed by atoms with Crippen molar-refractivity contribution in [3.05, 3.63) is 35.9 Å². The van der Waals surface area contributed by atoms with E-state index in [1.807, 2.05) is 6.92 Å². The standard InChI is InChI=1S/C13H11N5O2S/c1-7-9-10(21-13-14-4-3-5-15-13)8(12(19)20)6-16-11(9)18(2)17-7/h3-6H,1-2H3,(H,19,20). The van der Waals surface area contributed by atoms with E-state index in [0.29, 0.717) is 15.7 Å². The normalized spacial score (nSPS) is 11.0. The molecule has 106 valence electrons. The molecule has 0 saturated carbocycles. The largest absolute Gasteiger partial charge is 0.478 e. The molecule has 0 atom stereocenters. The van der Waals surface area contributed by atoms with Crippen molar-refractivity contribution in [2.45, 2.75) is 17.0 Å². The molecular formula is C13H11N5O2S. The van der Waals surface area contributed by atoms with E-state index in [2.05, 4.69) is 20.1 Å². The summed E-state index contributed by atoms with van der Waals surface area (Å²) in [5.74, 6) is -1.04. The molecule has 0 amide bonds. The summed E-state index contributed by atoms with van der Waals surface area (Å²) < 4.78 is 1.63. The number of pyridine rings is 1. The van der Waals surface area contributed by atoms with Crippen LogP contribution in [0.2, 0.25) is 0 Å². The van der Waals surface area contributed by atoms with E-state index in [-0.39, 0.29) is 5.56 Å². The Labute approximate surface area is 124 Å². The lowest BCUT2D eigenvalue weighted by Gasteiger charge is -2.06. The van der Waals surface area contributed by atoms with Crippen LogP contribution in [0.4, 0.5) is 0 Å². The number of aromatic carboxylic acids is 1. The van der Waals surface area contributed by atoms with Crippen LogP contribution in [0.25, 0.3) is 11.0 Å². The summed E-state index contributed by atoms with van der Waals surface area (Å²) >= 11 is 1.20. The molecule has 21 heavy (non-hydrogen) atoms. The maximum absolute atomic E-state index is 11.5. The lowest BCUT2D eigenvalue weighted by Crippen LogP contribution is -2.02. The zero-order valence-electron chi connectivity index (χ0n) is 11.3. The van der Waals surface area contributed by atoms with E-state index in [9.17, 15) is 9.90 Å². The molecule has 3 aromatic heterocycles. The summed E-state index contributed by atoms with van der Waals surface area (Å²) in [6.07, 6.45) is 4.57. The van der Waals surface area contributed by atoms with Crippen molar-refractivity contribution in [2.75, 3.05) is 0 Å². The van der Waals surface area contributed by atoms with Crippen LogP contribution in [-0.2, 0) is 7.05 Å². The number of rotatable bonds is 3. The Morgan fingerprint density at radius 2 is 2.00 bits per heavy atom. The zero-order valence-corrected chi connectivity index (χ0v) is 12.1. The van der Waals surface area contributed by atoms with Crippen molar-refractivity contribution >= 4 is 28.8 Å². The van der Waals surface area contributed by atoms with Crippen molar-refractivity contribution in [3.8, 4) is 0 Å². The fraction of sp³-hybridized carbons (Fsp3) is 0.154. The highest BCUT2D eigenvalue weighted by Gasteiger charge is 2.20. The maximum atomic E-state index is 11.5. The highest BCUT2D eigenvalue weighted by atomic mass is 32.2. The number of aryl methyl sites for hydroxylation is 2.